The van der Waals surface area contributed by atoms with Crippen LogP contribution < -0.4 is 30.7 Å². The van der Waals surface area contributed by atoms with Crippen molar-refractivity contribution in [3.05, 3.63) is 114 Å². The highest BCUT2D eigenvalue weighted by Gasteiger charge is 2.39. The van der Waals surface area contributed by atoms with E-state index in [2.05, 4.69) is 93.3 Å². The number of hydrogen-bond donors (Lipinski definition) is 2. The summed E-state index contributed by atoms with van der Waals surface area (Å²) in [5.74, 6) is 1.03. The molecule has 0 aliphatic carbocycles. The molecule has 4 aromatic carbocycles. The van der Waals surface area contributed by atoms with Gasteiger partial charge in [0, 0.05) is 17.0 Å². The molecule has 2 aliphatic rings. The van der Waals surface area contributed by atoms with E-state index in [9.17, 15) is 19.2 Å². The maximum atomic E-state index is 11.7. The summed E-state index contributed by atoms with van der Waals surface area (Å²) in [6.07, 6.45) is 2.21. The highest BCUT2D eigenvalue weighted by atomic mass is 31.1. The number of rotatable bonds is 8. The van der Waals surface area contributed by atoms with Gasteiger partial charge in [0.2, 0.25) is 0 Å². The van der Waals surface area contributed by atoms with Crippen LogP contribution in [0, 0.1) is 0 Å². The van der Waals surface area contributed by atoms with Crippen LogP contribution in [0.4, 0.5) is 9.59 Å². The third-order valence-electron chi connectivity index (χ3n) is 9.76. The van der Waals surface area contributed by atoms with Crippen molar-refractivity contribution in [1.82, 2.24) is 10.6 Å². The first-order valence-electron chi connectivity index (χ1n) is 21.8. The van der Waals surface area contributed by atoms with Crippen molar-refractivity contribution in [3.63, 3.8) is 0 Å². The first-order chi connectivity index (χ1) is 30.8. The second kappa shape index (κ2) is 22.8. The van der Waals surface area contributed by atoms with E-state index in [4.69, 9.17) is 23.7 Å². The molecule has 14 heteroatoms. The van der Waals surface area contributed by atoms with Crippen molar-refractivity contribution in [3.8, 4) is 22.6 Å². The molecule has 66 heavy (non-hydrogen) atoms. The molecule has 0 fully saturated rings. The van der Waals surface area contributed by atoms with E-state index in [-0.39, 0.29) is 31.9 Å². The number of alkyl carbamates (subject to hydrolysis) is 2. The fourth-order valence-corrected chi connectivity index (χ4v) is 11.4. The topological polar surface area (TPSA) is 148 Å². The smallest absolute Gasteiger partial charge is 0.412 e. The summed E-state index contributed by atoms with van der Waals surface area (Å²) in [7, 11) is 1.83. The van der Waals surface area contributed by atoms with Gasteiger partial charge in [-0.1, -0.05) is 126 Å². The molecule has 0 saturated heterocycles. The van der Waals surface area contributed by atoms with Crippen LogP contribution >= 0.6 is 15.8 Å². The molecule has 2 N–H and O–H groups in total. The Hall–Kier alpha value is -5.44. The maximum Gasteiger partial charge on any atom is 0.412 e. The quantitative estimate of drug-likeness (QED) is 0.0757. The van der Waals surface area contributed by atoms with Crippen molar-refractivity contribution in [2.45, 2.75) is 117 Å². The van der Waals surface area contributed by atoms with Gasteiger partial charge in [-0.25, -0.2) is 19.2 Å². The van der Waals surface area contributed by atoms with Crippen molar-refractivity contribution in [2.75, 3.05) is 26.9 Å². The Morgan fingerprint density at radius 3 is 1.48 bits per heavy atom. The molecule has 0 saturated carbocycles. The lowest BCUT2D eigenvalue weighted by Crippen LogP contribution is -2.45. The summed E-state index contributed by atoms with van der Waals surface area (Å²) in [6.45, 7) is 24.6. The van der Waals surface area contributed by atoms with Crippen molar-refractivity contribution in [2.24, 2.45) is 0 Å². The van der Waals surface area contributed by atoms with Gasteiger partial charge in [-0.2, -0.15) is 0 Å². The fraction of sp³-hybridized carbons (Fsp3) is 0.423. The molecule has 2 heterocycles. The second-order valence-corrected chi connectivity index (χ2v) is 25.4. The van der Waals surface area contributed by atoms with Crippen LogP contribution in [0.3, 0.4) is 0 Å². The standard InChI is InChI=1S/C22H28O2P2.C15H21NO4.C15H19NO4/c1-21(2,3)25-13-23-17-11-7-9-15(19(17)25)16-10-8-12-18-20(16)26(14-24-18)22(4,5)6;2*1-15(2,3)20-14(18)16-12(13(17)19-4)10-11-8-6-5-7-9-11/h7-12H,13-14H2,1-6H3;5-9,12H,10H2,1-4H3,(H,16,18);5-10H,1-4H3,(H,16,18)/b;;12-10-/t25-,26-;12-;/m10./s1. The molecule has 0 spiro atoms. The Balaban J connectivity index is 0.000000220. The average molecular weight is 943 g/mol. The summed E-state index contributed by atoms with van der Waals surface area (Å²) in [6, 6.07) is 30.9. The Bertz CT molecular complexity index is 2240. The highest BCUT2D eigenvalue weighted by molar-refractivity contribution is 7.68. The molecule has 0 aromatic heterocycles. The number of benzene rings is 4. The van der Waals surface area contributed by atoms with Crippen LogP contribution in [0.2, 0.25) is 0 Å². The van der Waals surface area contributed by atoms with E-state index in [1.807, 2.05) is 48.5 Å². The number of nitrogens with one attached hydrogen (secondary N) is 2. The minimum absolute atomic E-state index is 0.0213. The number of amides is 2. The van der Waals surface area contributed by atoms with Crippen LogP contribution in [-0.4, -0.2) is 78.6 Å². The van der Waals surface area contributed by atoms with Gasteiger partial charge >= 0.3 is 24.1 Å². The molecular formula is C52H68N2O10P2. The van der Waals surface area contributed by atoms with Gasteiger partial charge in [0.15, 0.2) is 0 Å². The third-order valence-corrected chi connectivity index (χ3v) is 15.8. The molecule has 2 amide bonds. The normalized spacial score (nSPS) is 15.9. The minimum Gasteiger partial charge on any atom is -0.488 e. The summed E-state index contributed by atoms with van der Waals surface area (Å²) < 4.78 is 31.8. The van der Waals surface area contributed by atoms with E-state index in [0.717, 1.165) is 35.3 Å². The molecule has 4 aromatic rings. The maximum absolute atomic E-state index is 11.7. The molecule has 12 nitrogen and oxygen atoms in total. The zero-order chi connectivity index (χ0) is 49.0. The number of fused-ring (bicyclic) bond motifs is 2. The molecule has 6 rings (SSSR count). The van der Waals surface area contributed by atoms with Crippen LogP contribution in [0.25, 0.3) is 17.2 Å². The molecule has 0 unspecified atom stereocenters. The summed E-state index contributed by atoms with van der Waals surface area (Å²) in [5, 5.41) is 8.29. The molecule has 2 aliphatic heterocycles. The van der Waals surface area contributed by atoms with Crippen LogP contribution in [0.15, 0.2) is 103 Å². The van der Waals surface area contributed by atoms with Crippen LogP contribution in [0.1, 0.15) is 94.2 Å². The van der Waals surface area contributed by atoms with E-state index in [1.165, 1.54) is 42.0 Å². The van der Waals surface area contributed by atoms with Crippen molar-refractivity contribution in [1.29, 1.82) is 0 Å². The summed E-state index contributed by atoms with van der Waals surface area (Å²) in [4.78, 5) is 46.8. The van der Waals surface area contributed by atoms with Crippen LogP contribution in [-0.2, 0) is 35.0 Å². The minimum atomic E-state index is -0.766. The molecule has 0 bridgehead atoms. The van der Waals surface area contributed by atoms with E-state index < -0.39 is 41.4 Å². The zero-order valence-electron chi connectivity index (χ0n) is 41.0. The van der Waals surface area contributed by atoms with E-state index in [0.29, 0.717) is 6.42 Å². The number of carbonyl (C=O) groups excluding carboxylic acids is 4. The Labute approximate surface area is 394 Å². The highest BCUT2D eigenvalue weighted by Crippen LogP contribution is 2.59. The predicted molar refractivity (Wildman–Crippen MR) is 267 cm³/mol. The van der Waals surface area contributed by atoms with Crippen molar-refractivity contribution >= 4 is 56.7 Å². The van der Waals surface area contributed by atoms with Gasteiger partial charge < -0.3 is 33.7 Å². The van der Waals surface area contributed by atoms with Gasteiger partial charge in [0.25, 0.3) is 0 Å². The average Bonchev–Trinajstić information content (AvgIpc) is 3.89. The van der Waals surface area contributed by atoms with Gasteiger partial charge in [0.05, 0.1) is 14.2 Å². The van der Waals surface area contributed by atoms with Gasteiger partial charge in [-0.05, 0) is 108 Å². The zero-order valence-corrected chi connectivity index (χ0v) is 42.8. The number of carbonyl (C=O) groups is 4. The monoisotopic (exact) mass is 942 g/mol. The lowest BCUT2D eigenvalue weighted by molar-refractivity contribution is -0.143. The number of hydrogen-bond acceptors (Lipinski definition) is 10. The van der Waals surface area contributed by atoms with E-state index in [1.54, 1.807) is 53.7 Å². The van der Waals surface area contributed by atoms with E-state index >= 15 is 0 Å². The molecule has 356 valence electrons. The molecular weight excluding hydrogens is 875 g/mol. The Kier molecular flexibility index (Phi) is 18.4. The summed E-state index contributed by atoms with van der Waals surface area (Å²) >= 11 is 0. The number of ether oxygens (including phenoxy) is 6. The van der Waals surface area contributed by atoms with Crippen LogP contribution in [0.5, 0.6) is 11.5 Å². The first-order valence-corrected chi connectivity index (χ1v) is 24.9. The largest absolute Gasteiger partial charge is 0.488 e. The first kappa shape index (κ1) is 53.2. The Morgan fingerprint density at radius 1 is 0.606 bits per heavy atom. The van der Waals surface area contributed by atoms with Crippen molar-refractivity contribution < 1.29 is 47.6 Å². The molecule has 0 radical (unpaired) electrons. The number of methoxy groups -OCH3 is 2. The van der Waals surface area contributed by atoms with Gasteiger partial charge in [-0.3, -0.25) is 5.32 Å². The van der Waals surface area contributed by atoms with Gasteiger partial charge in [0.1, 0.15) is 47.1 Å². The summed E-state index contributed by atoms with van der Waals surface area (Å²) in [5.41, 5.74) is 3.19. The fourth-order valence-electron chi connectivity index (χ4n) is 6.75. The molecule has 3 atom stereocenters. The predicted octanol–water partition coefficient (Wildman–Crippen LogP) is 10.9. The lowest BCUT2D eigenvalue weighted by Gasteiger charge is -2.30. The number of esters is 2. The Morgan fingerprint density at radius 2 is 1.06 bits per heavy atom. The lowest BCUT2D eigenvalue weighted by atomic mass is 10.0. The van der Waals surface area contributed by atoms with Gasteiger partial charge in [-0.15, -0.1) is 0 Å². The third kappa shape index (κ3) is 15.9. The second-order valence-electron chi connectivity index (χ2n) is 19.5. The SMILES string of the molecule is CC(C)(C)[P@]1COc2cccc(-c3cccc4c3[P@](C(C)(C)C)CO4)c21.COC(=O)/C(=C/c1ccccc1)NC(=O)OC(C)(C)C.COC(=O)[C@H](Cc1ccccc1)NC(=O)OC(C)(C)C.